The molecule has 0 radical (unpaired) electrons. The fourth-order valence-corrected chi connectivity index (χ4v) is 4.94. The molecule has 4 aromatic rings. The van der Waals surface area contributed by atoms with Crippen molar-refractivity contribution in [2.45, 2.75) is 25.4 Å². The second kappa shape index (κ2) is 6.97. The van der Waals surface area contributed by atoms with E-state index in [1.165, 1.54) is 6.07 Å². The van der Waals surface area contributed by atoms with Gasteiger partial charge in [0, 0.05) is 41.1 Å². The molecular weight excluding hydrogens is 415 g/mol. The molecule has 1 aliphatic carbocycles. The fourth-order valence-electron chi connectivity index (χ4n) is 4.78. The van der Waals surface area contributed by atoms with Gasteiger partial charge in [-0.05, 0) is 60.2 Å². The van der Waals surface area contributed by atoms with E-state index in [-0.39, 0.29) is 5.02 Å². The molecule has 1 unspecified atom stereocenters. The Hall–Kier alpha value is -3.09. The quantitative estimate of drug-likeness (QED) is 0.474. The van der Waals surface area contributed by atoms with E-state index in [1.54, 1.807) is 18.6 Å². The topological polar surface area (TPSA) is 62.1 Å². The molecule has 1 N–H and O–H groups in total. The van der Waals surface area contributed by atoms with Gasteiger partial charge in [-0.25, -0.2) is 14.4 Å². The van der Waals surface area contributed by atoms with Crippen LogP contribution in [-0.4, -0.2) is 26.6 Å². The summed E-state index contributed by atoms with van der Waals surface area (Å²) in [7, 11) is 0. The van der Waals surface area contributed by atoms with Crippen LogP contribution in [0.3, 0.4) is 0 Å². The highest BCUT2D eigenvalue weighted by molar-refractivity contribution is 6.31. The van der Waals surface area contributed by atoms with E-state index < -0.39 is 11.9 Å². The van der Waals surface area contributed by atoms with Crippen LogP contribution in [0.1, 0.15) is 29.2 Å². The van der Waals surface area contributed by atoms with Crippen LogP contribution < -0.4 is 4.90 Å². The number of rotatable bonds is 2. The molecule has 2 aromatic carbocycles. The van der Waals surface area contributed by atoms with Crippen molar-refractivity contribution >= 4 is 34.0 Å². The van der Waals surface area contributed by atoms with Crippen molar-refractivity contribution in [2.75, 3.05) is 11.4 Å². The van der Waals surface area contributed by atoms with Crippen molar-refractivity contribution < 1.29 is 9.50 Å². The highest BCUT2D eigenvalue weighted by atomic mass is 35.5. The van der Waals surface area contributed by atoms with Crippen molar-refractivity contribution in [3.05, 3.63) is 76.6 Å². The maximum atomic E-state index is 13.9. The largest absolute Gasteiger partial charge is 0.388 e. The van der Waals surface area contributed by atoms with E-state index in [0.717, 1.165) is 69.5 Å². The minimum Gasteiger partial charge on any atom is -0.388 e. The minimum atomic E-state index is -0.451. The number of aromatic nitrogens is 3. The van der Waals surface area contributed by atoms with Gasteiger partial charge in [-0.1, -0.05) is 17.7 Å². The summed E-state index contributed by atoms with van der Waals surface area (Å²) in [5, 5.41) is 11.3. The molecule has 2 aliphatic rings. The maximum Gasteiger partial charge on any atom is 0.144 e. The van der Waals surface area contributed by atoms with Crippen LogP contribution >= 0.6 is 11.6 Å². The summed E-state index contributed by atoms with van der Waals surface area (Å²) in [6.07, 6.45) is 6.99. The summed E-state index contributed by atoms with van der Waals surface area (Å²) < 4.78 is 13.9. The molecule has 0 spiro atoms. The Labute approximate surface area is 183 Å². The molecule has 3 heterocycles. The smallest absolute Gasteiger partial charge is 0.144 e. The van der Waals surface area contributed by atoms with Gasteiger partial charge in [0.15, 0.2) is 0 Å². The molecule has 0 saturated heterocycles. The lowest BCUT2D eigenvalue weighted by Gasteiger charge is -2.20. The first-order chi connectivity index (χ1) is 15.1. The number of hydrogen-bond acceptors (Lipinski definition) is 5. The Morgan fingerprint density at radius 1 is 1.10 bits per heavy atom. The zero-order valence-electron chi connectivity index (χ0n) is 16.5. The van der Waals surface area contributed by atoms with E-state index in [9.17, 15) is 9.50 Å². The lowest BCUT2D eigenvalue weighted by molar-refractivity contribution is 0.179. The van der Waals surface area contributed by atoms with Crippen LogP contribution in [0.4, 0.5) is 15.9 Å². The van der Waals surface area contributed by atoms with Gasteiger partial charge in [0.1, 0.15) is 18.0 Å². The monoisotopic (exact) mass is 432 g/mol. The molecule has 7 heteroatoms. The summed E-state index contributed by atoms with van der Waals surface area (Å²) in [6.45, 7) is 0.694. The van der Waals surface area contributed by atoms with Crippen LogP contribution in [-0.2, 0) is 12.8 Å². The highest BCUT2D eigenvalue weighted by Crippen LogP contribution is 2.41. The Balaban J connectivity index is 1.51. The molecule has 154 valence electrons. The predicted molar refractivity (Wildman–Crippen MR) is 118 cm³/mol. The molecule has 2 aromatic heterocycles. The van der Waals surface area contributed by atoms with Gasteiger partial charge >= 0.3 is 0 Å². The predicted octanol–water partition coefficient (Wildman–Crippen LogP) is 5.16. The molecule has 0 fully saturated rings. The lowest BCUT2D eigenvalue weighted by Crippen LogP contribution is -2.15. The van der Waals surface area contributed by atoms with Crippen LogP contribution in [0.5, 0.6) is 0 Å². The third-order valence-electron chi connectivity index (χ3n) is 6.32. The van der Waals surface area contributed by atoms with Crippen LogP contribution in [0.2, 0.25) is 5.02 Å². The standard InChI is InChI=1S/C24H18ClFN4O/c25-19-9-22-14(8-20(19)26)5-6-30(22)24-16-7-13(1-3-21(16)28-12-29-24)17-10-27-11-18-15(17)2-4-23(18)31/h1,3,7-12,23,31H,2,4-6H2. The molecule has 6 rings (SSSR count). The second-order valence-electron chi connectivity index (χ2n) is 8.04. The van der Waals surface area contributed by atoms with Gasteiger partial charge in [0.2, 0.25) is 0 Å². The number of halogens is 2. The number of pyridine rings is 1. The average molecular weight is 433 g/mol. The molecule has 1 aliphatic heterocycles. The van der Waals surface area contributed by atoms with E-state index in [4.69, 9.17) is 11.6 Å². The Morgan fingerprint density at radius 3 is 2.90 bits per heavy atom. The van der Waals surface area contributed by atoms with Gasteiger partial charge in [0.05, 0.1) is 16.6 Å². The number of anilines is 2. The van der Waals surface area contributed by atoms with E-state index >= 15 is 0 Å². The van der Waals surface area contributed by atoms with Gasteiger partial charge in [-0.3, -0.25) is 4.98 Å². The maximum absolute atomic E-state index is 13.9. The van der Waals surface area contributed by atoms with E-state index in [0.29, 0.717) is 6.54 Å². The Morgan fingerprint density at radius 2 is 2.00 bits per heavy atom. The van der Waals surface area contributed by atoms with Gasteiger partial charge < -0.3 is 10.0 Å². The first kappa shape index (κ1) is 18.7. The average Bonchev–Trinajstić information content (AvgIpc) is 3.36. The molecule has 0 bridgehead atoms. The first-order valence-corrected chi connectivity index (χ1v) is 10.6. The summed E-state index contributed by atoms with van der Waals surface area (Å²) >= 11 is 6.07. The summed E-state index contributed by atoms with van der Waals surface area (Å²) in [5.41, 5.74) is 6.72. The number of benzene rings is 2. The SMILES string of the molecule is OC1CCc2c(-c3ccc4ncnc(N5CCc6cc(F)c(Cl)cc65)c4c3)cncc21. The van der Waals surface area contributed by atoms with Crippen molar-refractivity contribution in [1.82, 2.24) is 15.0 Å². The zero-order chi connectivity index (χ0) is 21.1. The zero-order valence-corrected chi connectivity index (χ0v) is 17.3. The number of aliphatic hydroxyl groups excluding tert-OH is 1. The molecular formula is C24H18ClFN4O. The normalized spacial score (nSPS) is 17.3. The van der Waals surface area contributed by atoms with Crippen molar-refractivity contribution in [3.63, 3.8) is 0 Å². The summed E-state index contributed by atoms with van der Waals surface area (Å²) in [6, 6.07) is 9.28. The first-order valence-electron chi connectivity index (χ1n) is 10.3. The Bertz CT molecular complexity index is 1360. The minimum absolute atomic E-state index is 0.106. The third-order valence-corrected chi connectivity index (χ3v) is 6.61. The molecule has 0 amide bonds. The molecule has 0 saturated carbocycles. The van der Waals surface area contributed by atoms with Gasteiger partial charge in [-0.2, -0.15) is 0 Å². The van der Waals surface area contributed by atoms with Gasteiger partial charge in [0.25, 0.3) is 0 Å². The van der Waals surface area contributed by atoms with Gasteiger partial charge in [-0.15, -0.1) is 0 Å². The highest BCUT2D eigenvalue weighted by Gasteiger charge is 2.26. The van der Waals surface area contributed by atoms with Crippen LogP contribution in [0.25, 0.3) is 22.0 Å². The number of nitrogens with zero attached hydrogens (tertiary/aromatic N) is 4. The molecule has 5 nitrogen and oxygen atoms in total. The fraction of sp³-hybridized carbons (Fsp3) is 0.208. The second-order valence-corrected chi connectivity index (χ2v) is 8.44. The van der Waals surface area contributed by atoms with Crippen LogP contribution in [0, 0.1) is 5.82 Å². The summed E-state index contributed by atoms with van der Waals surface area (Å²) in [5.74, 6) is 0.374. The number of fused-ring (bicyclic) bond motifs is 3. The molecule has 1 atom stereocenters. The van der Waals surface area contributed by atoms with Crippen molar-refractivity contribution in [1.29, 1.82) is 0 Å². The van der Waals surface area contributed by atoms with Crippen molar-refractivity contribution in [3.8, 4) is 11.1 Å². The lowest BCUT2D eigenvalue weighted by atomic mass is 9.98. The third kappa shape index (κ3) is 2.90. The summed E-state index contributed by atoms with van der Waals surface area (Å²) in [4.78, 5) is 15.5. The molecule has 31 heavy (non-hydrogen) atoms. The van der Waals surface area contributed by atoms with Crippen molar-refractivity contribution in [2.24, 2.45) is 0 Å². The van der Waals surface area contributed by atoms with E-state index in [1.807, 2.05) is 18.3 Å². The van der Waals surface area contributed by atoms with E-state index in [2.05, 4.69) is 25.9 Å². The van der Waals surface area contributed by atoms with Crippen LogP contribution in [0.15, 0.2) is 49.1 Å². The Kier molecular flexibility index (Phi) is 4.20. The number of aliphatic hydroxyl groups is 1. The number of hydrogen-bond donors (Lipinski definition) is 1.